The number of carbonyl (C=O) groups is 3. The van der Waals surface area contributed by atoms with E-state index in [9.17, 15) is 14.4 Å². The van der Waals surface area contributed by atoms with Crippen LogP contribution in [0.4, 0.5) is 4.79 Å². The molecule has 7 nitrogen and oxygen atoms in total. The van der Waals surface area contributed by atoms with Gasteiger partial charge in [-0.25, -0.2) is 4.79 Å². The molecule has 3 fully saturated rings. The van der Waals surface area contributed by atoms with Crippen molar-refractivity contribution in [1.29, 1.82) is 0 Å². The standard InChI is InChI=1S/C21H36N4O3.ClH/c1-20(2,3)16-6-9-21(10-7-16)18(27)25(19(28)24-21)14-17(26)23-12-8-15-5-4-11-22-13-15;/h15-16,22H,4-14H2,1-3H3,(H,23,26)(H,24,28);1H. The van der Waals surface area contributed by atoms with Crippen LogP contribution >= 0.6 is 12.4 Å². The summed E-state index contributed by atoms with van der Waals surface area (Å²) in [7, 11) is 0. The summed E-state index contributed by atoms with van der Waals surface area (Å²) in [6.07, 6.45) is 6.46. The fourth-order valence-corrected chi connectivity index (χ4v) is 4.92. The molecule has 0 bridgehead atoms. The Morgan fingerprint density at radius 1 is 1.21 bits per heavy atom. The molecule has 1 spiro atoms. The van der Waals surface area contributed by atoms with Crippen molar-refractivity contribution in [1.82, 2.24) is 20.9 Å². The third-order valence-corrected chi connectivity index (χ3v) is 6.89. The molecule has 1 aliphatic carbocycles. The molecule has 0 radical (unpaired) electrons. The zero-order chi connectivity index (χ0) is 20.4. The molecule has 0 aromatic rings. The second kappa shape index (κ2) is 9.65. The molecule has 8 heteroatoms. The van der Waals surface area contributed by atoms with Gasteiger partial charge in [0.1, 0.15) is 12.1 Å². The van der Waals surface area contributed by atoms with Gasteiger partial charge in [-0.05, 0) is 75.3 Å². The predicted molar refractivity (Wildman–Crippen MR) is 115 cm³/mol. The summed E-state index contributed by atoms with van der Waals surface area (Å²) in [4.78, 5) is 38.8. The van der Waals surface area contributed by atoms with Crippen molar-refractivity contribution in [3.63, 3.8) is 0 Å². The van der Waals surface area contributed by atoms with Crippen molar-refractivity contribution in [3.05, 3.63) is 0 Å². The molecule has 4 amide bonds. The SMILES string of the molecule is CC(C)(C)C1CCC2(CC1)NC(=O)N(CC(=O)NCCC1CCCNC1)C2=O.Cl. The van der Waals surface area contributed by atoms with Crippen molar-refractivity contribution in [3.8, 4) is 0 Å². The number of carbonyl (C=O) groups excluding carboxylic acids is 3. The van der Waals surface area contributed by atoms with Gasteiger partial charge in [0, 0.05) is 6.54 Å². The van der Waals surface area contributed by atoms with Crippen molar-refractivity contribution in [2.24, 2.45) is 17.3 Å². The van der Waals surface area contributed by atoms with Gasteiger partial charge in [-0.1, -0.05) is 20.8 Å². The minimum Gasteiger partial charge on any atom is -0.355 e. The number of hydrogen-bond acceptors (Lipinski definition) is 4. The minimum absolute atomic E-state index is 0. The van der Waals surface area contributed by atoms with Gasteiger partial charge in [0.25, 0.3) is 5.91 Å². The summed E-state index contributed by atoms with van der Waals surface area (Å²) in [5, 5.41) is 9.15. The summed E-state index contributed by atoms with van der Waals surface area (Å²) in [6, 6.07) is -0.425. The molecule has 2 aliphatic heterocycles. The molecule has 1 saturated carbocycles. The van der Waals surface area contributed by atoms with E-state index in [1.165, 1.54) is 12.8 Å². The van der Waals surface area contributed by atoms with E-state index in [1.54, 1.807) is 0 Å². The molecule has 2 saturated heterocycles. The fraction of sp³-hybridized carbons (Fsp3) is 0.857. The number of amides is 4. The molecule has 2 heterocycles. The van der Waals surface area contributed by atoms with Crippen LogP contribution in [0.2, 0.25) is 0 Å². The van der Waals surface area contributed by atoms with E-state index < -0.39 is 11.6 Å². The van der Waals surface area contributed by atoms with E-state index in [1.807, 2.05) is 0 Å². The predicted octanol–water partition coefficient (Wildman–Crippen LogP) is 2.44. The molecule has 3 N–H and O–H groups in total. The highest BCUT2D eigenvalue weighted by molar-refractivity contribution is 6.09. The van der Waals surface area contributed by atoms with E-state index in [4.69, 9.17) is 0 Å². The number of imide groups is 1. The average Bonchev–Trinajstić information content (AvgIpc) is 2.86. The highest BCUT2D eigenvalue weighted by Crippen LogP contribution is 2.43. The first kappa shape index (κ1) is 23.9. The molecule has 1 unspecified atom stereocenters. The molecule has 0 aromatic heterocycles. The van der Waals surface area contributed by atoms with Crippen molar-refractivity contribution in [2.45, 2.75) is 71.3 Å². The molecular weight excluding hydrogens is 392 g/mol. The normalized spacial score (nSPS) is 30.1. The highest BCUT2D eigenvalue weighted by atomic mass is 35.5. The van der Waals surface area contributed by atoms with Gasteiger partial charge in [0.15, 0.2) is 0 Å². The van der Waals surface area contributed by atoms with Crippen LogP contribution in [0, 0.1) is 17.3 Å². The number of halogens is 1. The molecule has 0 aromatic carbocycles. The summed E-state index contributed by atoms with van der Waals surface area (Å²) < 4.78 is 0. The van der Waals surface area contributed by atoms with E-state index >= 15 is 0 Å². The van der Waals surface area contributed by atoms with Crippen LogP contribution in [-0.4, -0.2) is 54.5 Å². The average molecular weight is 429 g/mol. The van der Waals surface area contributed by atoms with Gasteiger partial charge in [-0.2, -0.15) is 0 Å². The lowest BCUT2D eigenvalue weighted by Crippen LogP contribution is -2.51. The van der Waals surface area contributed by atoms with E-state index in [2.05, 4.69) is 36.7 Å². The Bertz CT molecular complexity index is 606. The maximum Gasteiger partial charge on any atom is 0.325 e. The molecule has 1 atom stereocenters. The lowest BCUT2D eigenvalue weighted by Gasteiger charge is -2.40. The van der Waals surface area contributed by atoms with Crippen LogP contribution in [0.3, 0.4) is 0 Å². The molecule has 3 rings (SSSR count). The quantitative estimate of drug-likeness (QED) is 0.586. The molecule has 3 aliphatic rings. The molecular formula is C21H37ClN4O3. The van der Waals surface area contributed by atoms with Gasteiger partial charge in [-0.3, -0.25) is 14.5 Å². The Balaban J connectivity index is 0.00000300. The summed E-state index contributed by atoms with van der Waals surface area (Å²) in [6.45, 7) is 9.17. The zero-order valence-corrected chi connectivity index (χ0v) is 18.8. The van der Waals surface area contributed by atoms with E-state index in [-0.39, 0.29) is 36.2 Å². The van der Waals surface area contributed by atoms with E-state index in [0.717, 1.165) is 37.3 Å². The first-order valence-corrected chi connectivity index (χ1v) is 10.8. The maximum atomic E-state index is 13.0. The van der Waals surface area contributed by atoms with Crippen LogP contribution < -0.4 is 16.0 Å². The lowest BCUT2D eigenvalue weighted by atomic mass is 9.67. The number of rotatable bonds is 5. The first-order chi connectivity index (χ1) is 13.2. The fourth-order valence-electron chi connectivity index (χ4n) is 4.92. The lowest BCUT2D eigenvalue weighted by molar-refractivity contribution is -0.136. The number of piperidine rings is 1. The van der Waals surface area contributed by atoms with Gasteiger partial charge in [0.2, 0.25) is 5.91 Å². The second-order valence-electron chi connectivity index (χ2n) is 9.89. The van der Waals surface area contributed by atoms with Crippen molar-refractivity contribution >= 4 is 30.3 Å². The van der Waals surface area contributed by atoms with Gasteiger partial charge >= 0.3 is 6.03 Å². The number of nitrogens with zero attached hydrogens (tertiary/aromatic N) is 1. The Morgan fingerprint density at radius 3 is 2.48 bits per heavy atom. The number of urea groups is 1. The second-order valence-corrected chi connectivity index (χ2v) is 9.89. The highest BCUT2D eigenvalue weighted by Gasteiger charge is 2.53. The van der Waals surface area contributed by atoms with Gasteiger partial charge in [0.05, 0.1) is 0 Å². The molecule has 166 valence electrons. The third kappa shape index (κ3) is 5.63. The Morgan fingerprint density at radius 2 is 1.90 bits per heavy atom. The van der Waals surface area contributed by atoms with E-state index in [0.29, 0.717) is 31.2 Å². The topological polar surface area (TPSA) is 90.5 Å². The zero-order valence-electron chi connectivity index (χ0n) is 18.0. The van der Waals surface area contributed by atoms with Gasteiger partial charge in [-0.15, -0.1) is 12.4 Å². The number of nitrogens with one attached hydrogen (secondary N) is 3. The summed E-state index contributed by atoms with van der Waals surface area (Å²) in [5.41, 5.74) is -0.590. The minimum atomic E-state index is -0.799. The van der Waals surface area contributed by atoms with Crippen LogP contribution in [0.1, 0.15) is 65.7 Å². The van der Waals surface area contributed by atoms with Crippen molar-refractivity contribution < 1.29 is 14.4 Å². The third-order valence-electron chi connectivity index (χ3n) is 6.89. The Kier molecular flexibility index (Phi) is 7.96. The maximum absolute atomic E-state index is 13.0. The van der Waals surface area contributed by atoms with Crippen LogP contribution in [0.15, 0.2) is 0 Å². The molecule has 29 heavy (non-hydrogen) atoms. The van der Waals surface area contributed by atoms with Crippen LogP contribution in [0.25, 0.3) is 0 Å². The Labute approximate surface area is 180 Å². The summed E-state index contributed by atoms with van der Waals surface area (Å²) in [5.74, 6) is 0.658. The van der Waals surface area contributed by atoms with Crippen molar-refractivity contribution in [2.75, 3.05) is 26.2 Å². The summed E-state index contributed by atoms with van der Waals surface area (Å²) >= 11 is 0. The number of hydrogen-bond donors (Lipinski definition) is 3. The first-order valence-electron chi connectivity index (χ1n) is 10.8. The smallest absolute Gasteiger partial charge is 0.325 e. The monoisotopic (exact) mass is 428 g/mol. The van der Waals surface area contributed by atoms with Crippen LogP contribution in [0.5, 0.6) is 0 Å². The van der Waals surface area contributed by atoms with Gasteiger partial charge < -0.3 is 16.0 Å². The Hall–Kier alpha value is -1.34. The van der Waals surface area contributed by atoms with Crippen LogP contribution in [-0.2, 0) is 9.59 Å². The largest absolute Gasteiger partial charge is 0.355 e.